The van der Waals surface area contributed by atoms with Crippen molar-refractivity contribution in [1.82, 2.24) is 5.32 Å². The highest BCUT2D eigenvalue weighted by Crippen LogP contribution is 2.15. The smallest absolute Gasteiger partial charge is 0.395 e. The van der Waals surface area contributed by atoms with Crippen molar-refractivity contribution in [3.8, 4) is 0 Å². The highest BCUT2D eigenvalue weighted by molar-refractivity contribution is 7.80. The first-order valence-electron chi connectivity index (χ1n) is 21.4. The van der Waals surface area contributed by atoms with Crippen molar-refractivity contribution in [2.24, 2.45) is 11.5 Å². The molecule has 0 atom stereocenters. The minimum Gasteiger partial charge on any atom is -0.395 e. The van der Waals surface area contributed by atoms with Gasteiger partial charge < -0.3 is 21.9 Å². The van der Waals surface area contributed by atoms with Crippen molar-refractivity contribution in [1.29, 1.82) is 0 Å². The summed E-state index contributed by atoms with van der Waals surface area (Å²) in [6.07, 6.45) is 41.8. The van der Waals surface area contributed by atoms with Crippen LogP contribution in [0.1, 0.15) is 226 Å². The first-order valence-corrected chi connectivity index (χ1v) is 22.8. The van der Waals surface area contributed by atoms with Crippen molar-refractivity contribution in [3.05, 3.63) is 0 Å². The number of rotatable bonds is 36. The fraction of sp³-hybridized carbons (Fsp3) is 0.951. The van der Waals surface area contributed by atoms with Crippen LogP contribution in [0.3, 0.4) is 0 Å². The van der Waals surface area contributed by atoms with Gasteiger partial charge in [-0.2, -0.15) is 8.42 Å². The lowest BCUT2D eigenvalue weighted by atomic mass is 10.0. The molecule has 316 valence electrons. The number of nitrogens with two attached hydrogens (primary N) is 2. The van der Waals surface area contributed by atoms with Crippen LogP contribution in [0.2, 0.25) is 0 Å². The molecule has 52 heavy (non-hydrogen) atoms. The Morgan fingerprint density at radius 2 is 0.712 bits per heavy atom. The van der Waals surface area contributed by atoms with E-state index in [1.54, 1.807) is 0 Å². The lowest BCUT2D eigenvalue weighted by Crippen LogP contribution is -2.16. The van der Waals surface area contributed by atoms with Gasteiger partial charge in [0, 0.05) is 19.4 Å². The summed E-state index contributed by atoms with van der Waals surface area (Å²) in [5, 5.41) is 11.1. The molecule has 7 N–H and O–H groups in total. The van der Waals surface area contributed by atoms with Gasteiger partial charge in [-0.3, -0.25) is 18.3 Å². The molecule has 0 aliphatic rings. The Bertz CT molecular complexity index is 738. The lowest BCUT2D eigenvalue weighted by molar-refractivity contribution is -0.119. The zero-order chi connectivity index (χ0) is 39.8. The van der Waals surface area contributed by atoms with Gasteiger partial charge in [-0.15, -0.1) is 0 Å². The third-order valence-electron chi connectivity index (χ3n) is 8.80. The molecule has 0 saturated carbocycles. The Labute approximate surface area is 323 Å². The predicted octanol–water partition coefficient (Wildman–Crippen LogP) is 10.5. The predicted molar refractivity (Wildman–Crippen MR) is 222 cm³/mol. The Balaban J connectivity index is -0.000000337. The number of likely N-dealkylation sites (N-methyl/N-ethyl adjacent to an activating group) is 1. The molecular weight excluding hydrogens is 679 g/mol. The number of nitrogens with one attached hydrogen (secondary N) is 1. The molecule has 0 bridgehead atoms. The first kappa shape index (κ1) is 57.5. The molecular formula is C41H89N3O7S. The fourth-order valence-corrected chi connectivity index (χ4v) is 5.60. The minimum absolute atomic E-state index is 0.153. The molecule has 0 spiro atoms. The molecule has 0 aromatic heterocycles. The average molecular weight is 768 g/mol. The summed E-state index contributed by atoms with van der Waals surface area (Å²) in [7, 11) is -3.29. The normalized spacial score (nSPS) is 10.7. The van der Waals surface area contributed by atoms with Gasteiger partial charge in [0.25, 0.3) is 0 Å². The largest absolute Gasteiger partial charge is 0.397 e. The maximum absolute atomic E-state index is 10.6. The van der Waals surface area contributed by atoms with Crippen molar-refractivity contribution >= 4 is 22.2 Å². The molecule has 0 saturated heterocycles. The third-order valence-corrected chi connectivity index (χ3v) is 9.22. The van der Waals surface area contributed by atoms with Gasteiger partial charge in [-0.1, -0.05) is 201 Å². The number of aliphatic hydroxyl groups excluding tert-OH is 1. The SMILES string of the molecule is CCCCCCCCCCCCCCCCCC(N)=O.CCCCCCCCCCCCCCCCCC(N)=O.CCNCCO.COS(=O)(=O)O. The van der Waals surface area contributed by atoms with Crippen LogP contribution >= 0.6 is 0 Å². The lowest BCUT2D eigenvalue weighted by Gasteiger charge is -2.03. The number of carbonyl (C=O) groups is 2. The van der Waals surface area contributed by atoms with Crippen molar-refractivity contribution in [2.75, 3.05) is 26.8 Å². The van der Waals surface area contributed by atoms with E-state index in [0.29, 0.717) is 12.8 Å². The second kappa shape index (κ2) is 51.8. The number of aliphatic hydroxyl groups is 1. The standard InChI is InChI=1S/2C18H37NO.C4H11NO.CH4O4S/c2*1-2-3-4-5-6-7-8-9-10-11-12-13-14-15-16-17-18(19)20;1-2-5-3-4-6;1-5-6(2,3)4/h2*2-17H2,1H3,(H2,19,20);5-6H,2-4H2,1H3;1H3,(H,2,3,4). The van der Waals surface area contributed by atoms with Crippen LogP contribution in [0.4, 0.5) is 0 Å². The van der Waals surface area contributed by atoms with Crippen molar-refractivity contribution in [3.63, 3.8) is 0 Å². The Hall–Kier alpha value is -1.27. The second-order valence-corrected chi connectivity index (χ2v) is 15.2. The Morgan fingerprint density at radius 1 is 0.500 bits per heavy atom. The summed E-state index contributed by atoms with van der Waals surface area (Å²) in [5.41, 5.74) is 10.2. The molecule has 10 nitrogen and oxygen atoms in total. The number of primary amides is 2. The number of carbonyl (C=O) groups excluding carboxylic acids is 2. The third kappa shape index (κ3) is 74.0. The van der Waals surface area contributed by atoms with Gasteiger partial charge in [0.1, 0.15) is 0 Å². The van der Waals surface area contributed by atoms with Crippen molar-refractivity contribution < 1.29 is 31.8 Å². The first-order chi connectivity index (χ1) is 25.0. The van der Waals surface area contributed by atoms with E-state index in [4.69, 9.17) is 21.1 Å². The van der Waals surface area contributed by atoms with E-state index < -0.39 is 10.4 Å². The Morgan fingerprint density at radius 3 is 0.846 bits per heavy atom. The van der Waals surface area contributed by atoms with Gasteiger partial charge in [-0.05, 0) is 19.4 Å². The maximum Gasteiger partial charge on any atom is 0.397 e. The van der Waals surface area contributed by atoms with Gasteiger partial charge in [0.05, 0.1) is 13.7 Å². The molecule has 0 unspecified atom stereocenters. The summed E-state index contributed by atoms with van der Waals surface area (Å²) in [6.45, 7) is 8.47. The topological polar surface area (TPSA) is 182 Å². The maximum atomic E-state index is 10.6. The van der Waals surface area contributed by atoms with Crippen LogP contribution in [0.15, 0.2) is 0 Å². The van der Waals surface area contributed by atoms with Crippen LogP contribution in [-0.4, -0.2) is 56.7 Å². The molecule has 0 aliphatic carbocycles. The van der Waals surface area contributed by atoms with Gasteiger partial charge in [-0.25, -0.2) is 0 Å². The van der Waals surface area contributed by atoms with Crippen LogP contribution in [0, 0.1) is 0 Å². The van der Waals surface area contributed by atoms with E-state index in [0.717, 1.165) is 33.0 Å². The summed E-state index contributed by atoms with van der Waals surface area (Å²) in [6, 6.07) is 0. The molecule has 0 aromatic rings. The monoisotopic (exact) mass is 768 g/mol. The number of hydrogen-bond donors (Lipinski definition) is 5. The Kier molecular flexibility index (Phi) is 57.3. The molecule has 0 aromatic carbocycles. The van der Waals surface area contributed by atoms with Gasteiger partial charge in [0.15, 0.2) is 0 Å². The summed E-state index contributed by atoms with van der Waals surface area (Å²) < 4.78 is 29.7. The van der Waals surface area contributed by atoms with Crippen LogP contribution in [0.5, 0.6) is 0 Å². The molecule has 11 heteroatoms. The van der Waals surface area contributed by atoms with E-state index in [1.807, 2.05) is 6.92 Å². The van der Waals surface area contributed by atoms with E-state index in [1.165, 1.54) is 180 Å². The summed E-state index contributed by atoms with van der Waals surface area (Å²) in [4.78, 5) is 21.1. The minimum atomic E-state index is -4.16. The molecule has 2 amide bonds. The molecule has 0 aliphatic heterocycles. The van der Waals surface area contributed by atoms with E-state index in [9.17, 15) is 18.0 Å². The zero-order valence-corrected chi connectivity index (χ0v) is 35.6. The average Bonchev–Trinajstić information content (AvgIpc) is 3.11. The summed E-state index contributed by atoms with van der Waals surface area (Å²) in [5.74, 6) is -0.306. The fourth-order valence-electron chi connectivity index (χ4n) is 5.60. The van der Waals surface area contributed by atoms with Gasteiger partial charge >= 0.3 is 10.4 Å². The second-order valence-electron chi connectivity index (χ2n) is 14.0. The molecule has 0 heterocycles. The summed E-state index contributed by atoms with van der Waals surface area (Å²) >= 11 is 0. The van der Waals surface area contributed by atoms with Crippen LogP contribution in [-0.2, 0) is 24.2 Å². The van der Waals surface area contributed by atoms with Crippen LogP contribution in [0.25, 0.3) is 0 Å². The molecule has 0 fully saturated rings. The van der Waals surface area contributed by atoms with Crippen LogP contribution < -0.4 is 16.8 Å². The molecule has 0 rings (SSSR count). The molecule has 0 radical (unpaired) electrons. The highest BCUT2D eigenvalue weighted by Gasteiger charge is 1.98. The zero-order valence-electron chi connectivity index (χ0n) is 34.7. The van der Waals surface area contributed by atoms with E-state index in [-0.39, 0.29) is 18.4 Å². The number of amides is 2. The van der Waals surface area contributed by atoms with Crippen molar-refractivity contribution in [2.45, 2.75) is 226 Å². The number of hydrogen-bond acceptors (Lipinski definition) is 7. The van der Waals surface area contributed by atoms with Gasteiger partial charge in [0.2, 0.25) is 11.8 Å². The number of unbranched alkanes of at least 4 members (excludes halogenated alkanes) is 28. The van der Waals surface area contributed by atoms with E-state index in [2.05, 4.69) is 23.3 Å². The highest BCUT2D eigenvalue weighted by atomic mass is 32.3. The van der Waals surface area contributed by atoms with E-state index >= 15 is 0 Å². The quantitative estimate of drug-likeness (QED) is 0.0308.